The van der Waals surface area contributed by atoms with E-state index in [0.717, 1.165) is 10.3 Å². The number of pyridine rings is 2. The van der Waals surface area contributed by atoms with Crippen LogP contribution in [0.3, 0.4) is 0 Å². The second kappa shape index (κ2) is 11.3. The Labute approximate surface area is 255 Å². The summed E-state index contributed by atoms with van der Waals surface area (Å²) in [6.07, 6.45) is 1.38. The largest absolute Gasteiger partial charge is 0.491 e. The number of fused-ring (bicyclic) bond motifs is 2. The van der Waals surface area contributed by atoms with Crippen molar-refractivity contribution in [1.82, 2.24) is 19.5 Å². The van der Waals surface area contributed by atoms with Crippen LogP contribution >= 0.6 is 34.5 Å². The summed E-state index contributed by atoms with van der Waals surface area (Å²) >= 11 is 13.9. The van der Waals surface area contributed by atoms with E-state index in [9.17, 15) is 14.9 Å². The lowest BCUT2D eigenvalue weighted by Gasteiger charge is -2.19. The van der Waals surface area contributed by atoms with Crippen molar-refractivity contribution in [2.24, 2.45) is 0 Å². The zero-order valence-corrected chi connectivity index (χ0v) is 25.7. The van der Waals surface area contributed by atoms with Crippen molar-refractivity contribution in [2.45, 2.75) is 46.8 Å². The van der Waals surface area contributed by atoms with Gasteiger partial charge >= 0.3 is 5.97 Å². The number of nitriles is 1. The molecule has 0 spiro atoms. The van der Waals surface area contributed by atoms with Gasteiger partial charge in [0.25, 0.3) is 5.56 Å². The van der Waals surface area contributed by atoms with Gasteiger partial charge in [-0.2, -0.15) is 5.26 Å². The highest BCUT2D eigenvalue weighted by atomic mass is 35.5. The Morgan fingerprint density at radius 3 is 2.62 bits per heavy atom. The van der Waals surface area contributed by atoms with Crippen LogP contribution in [0.25, 0.3) is 32.2 Å². The molecule has 0 saturated carbocycles. The third-order valence-electron chi connectivity index (χ3n) is 6.33. The molecule has 0 saturated heterocycles. The molecule has 5 aromatic rings. The lowest BCUT2D eigenvalue weighted by Crippen LogP contribution is -2.27. The second-order valence-electron chi connectivity index (χ2n) is 10.5. The normalized spacial score (nSPS) is 11.6. The van der Waals surface area contributed by atoms with Crippen LogP contribution in [0.15, 0.2) is 40.6 Å². The highest BCUT2D eigenvalue weighted by molar-refractivity contribution is 7.18. The number of halogens is 2. The summed E-state index contributed by atoms with van der Waals surface area (Å²) in [6.45, 7) is 9.28. The number of nitrogens with zero attached hydrogens (tertiary/aromatic N) is 5. The van der Waals surface area contributed by atoms with Crippen LogP contribution < -0.4 is 10.3 Å². The molecule has 0 aliphatic heterocycles. The Kier molecular flexibility index (Phi) is 7.94. The molecule has 0 aliphatic rings. The number of esters is 1. The minimum Gasteiger partial charge on any atom is -0.491 e. The third-order valence-corrected chi connectivity index (χ3v) is 7.85. The van der Waals surface area contributed by atoms with E-state index in [-0.39, 0.29) is 29.3 Å². The molecule has 0 atom stereocenters. The van der Waals surface area contributed by atoms with Gasteiger partial charge in [-0.25, -0.2) is 14.8 Å². The number of benzene rings is 1. The van der Waals surface area contributed by atoms with Crippen molar-refractivity contribution in [3.05, 3.63) is 79.0 Å². The molecule has 9 nitrogen and oxygen atoms in total. The predicted octanol–water partition coefficient (Wildman–Crippen LogP) is 6.90. The first-order valence-corrected chi connectivity index (χ1v) is 14.5. The van der Waals surface area contributed by atoms with Crippen molar-refractivity contribution in [3.8, 4) is 22.9 Å². The number of hydrogen-bond donors (Lipinski definition) is 0. The first-order valence-electron chi connectivity index (χ1n) is 12.9. The third kappa shape index (κ3) is 5.68. The fourth-order valence-electron chi connectivity index (χ4n) is 4.56. The van der Waals surface area contributed by atoms with Gasteiger partial charge in [0.15, 0.2) is 0 Å². The van der Waals surface area contributed by atoms with Crippen molar-refractivity contribution in [3.63, 3.8) is 0 Å². The molecule has 214 valence electrons. The summed E-state index contributed by atoms with van der Waals surface area (Å²) in [5, 5.41) is 11.9. The second-order valence-corrected chi connectivity index (χ2v) is 12.2. The molecular formula is C30H25Cl2N5O4S. The molecule has 0 bridgehead atoms. The monoisotopic (exact) mass is 621 g/mol. The molecule has 1 aromatic carbocycles. The van der Waals surface area contributed by atoms with Crippen molar-refractivity contribution >= 4 is 61.6 Å². The summed E-state index contributed by atoms with van der Waals surface area (Å²) < 4.78 is 14.0. The molecule has 0 radical (unpaired) electrons. The van der Waals surface area contributed by atoms with E-state index < -0.39 is 17.1 Å². The first-order chi connectivity index (χ1) is 19.9. The van der Waals surface area contributed by atoms with E-state index in [0.29, 0.717) is 44.5 Å². The SMILES string of the molecule is Cc1cc(-c2cc(Cl)ccc2OCCn2c(C)nc3cnc(Cl)c(C#N)c3c2=O)c2scc(C(=O)OC(C)(C)C)c2n1. The van der Waals surface area contributed by atoms with Crippen LogP contribution in [0.1, 0.15) is 48.2 Å². The summed E-state index contributed by atoms with van der Waals surface area (Å²) in [4.78, 5) is 39.3. The molecule has 4 heterocycles. The van der Waals surface area contributed by atoms with E-state index >= 15 is 0 Å². The van der Waals surface area contributed by atoms with Gasteiger partial charge in [-0.3, -0.25) is 14.3 Å². The molecule has 12 heteroatoms. The molecule has 5 rings (SSSR count). The van der Waals surface area contributed by atoms with E-state index in [1.807, 2.05) is 39.8 Å². The highest BCUT2D eigenvalue weighted by Gasteiger charge is 2.24. The number of carbonyl (C=O) groups excluding carboxylic acids is 1. The maximum atomic E-state index is 13.4. The van der Waals surface area contributed by atoms with Gasteiger partial charge in [0.05, 0.1) is 39.4 Å². The number of carbonyl (C=O) groups is 1. The number of aromatic nitrogens is 4. The maximum absolute atomic E-state index is 13.4. The lowest BCUT2D eigenvalue weighted by molar-refractivity contribution is 0.00721. The summed E-state index contributed by atoms with van der Waals surface area (Å²) in [5.41, 5.74) is 2.39. The molecule has 0 aliphatic carbocycles. The summed E-state index contributed by atoms with van der Waals surface area (Å²) in [6, 6.07) is 9.14. The molecule has 0 fully saturated rings. The predicted molar refractivity (Wildman–Crippen MR) is 164 cm³/mol. The van der Waals surface area contributed by atoms with Crippen molar-refractivity contribution in [1.29, 1.82) is 5.26 Å². The van der Waals surface area contributed by atoms with Crippen molar-refractivity contribution in [2.75, 3.05) is 6.61 Å². The Morgan fingerprint density at radius 1 is 1.14 bits per heavy atom. The maximum Gasteiger partial charge on any atom is 0.341 e. The van der Waals surface area contributed by atoms with Crippen LogP contribution in [0.5, 0.6) is 5.75 Å². The van der Waals surface area contributed by atoms with Gasteiger partial charge in [0, 0.05) is 27.2 Å². The standard InChI is InChI=1S/C30H25Cl2N5O4S/c1-15-10-19(26-25(35-15)21(14-42-26)29(39)41-30(3,4)5)18-11-17(31)6-7-23(18)40-9-8-37-16(2)36-22-13-34-27(32)20(12-33)24(22)28(37)38/h6-7,10-11,13-14H,8-9H2,1-5H3. The summed E-state index contributed by atoms with van der Waals surface area (Å²) in [5.74, 6) is 0.532. The zero-order chi connectivity index (χ0) is 30.3. The van der Waals surface area contributed by atoms with Gasteiger partial charge in [0.2, 0.25) is 0 Å². The number of rotatable bonds is 6. The van der Waals surface area contributed by atoms with E-state index in [2.05, 4.69) is 15.0 Å². The smallest absolute Gasteiger partial charge is 0.341 e. The van der Waals surface area contributed by atoms with Gasteiger partial charge in [0.1, 0.15) is 40.6 Å². The number of aryl methyl sites for hydroxylation is 2. The Balaban J connectivity index is 1.50. The molecule has 0 unspecified atom stereocenters. The molecule has 4 aromatic heterocycles. The van der Waals surface area contributed by atoms with E-state index in [4.69, 9.17) is 32.7 Å². The topological polar surface area (TPSA) is 120 Å². The quantitative estimate of drug-likeness (QED) is 0.148. The van der Waals surface area contributed by atoms with Crippen LogP contribution in [-0.2, 0) is 11.3 Å². The average Bonchev–Trinajstić information content (AvgIpc) is 3.34. The van der Waals surface area contributed by atoms with E-state index in [1.165, 1.54) is 22.1 Å². The zero-order valence-electron chi connectivity index (χ0n) is 23.4. The molecular weight excluding hydrogens is 597 g/mol. The van der Waals surface area contributed by atoms with Crippen LogP contribution in [0.2, 0.25) is 10.2 Å². The van der Waals surface area contributed by atoms with Crippen LogP contribution in [-0.4, -0.2) is 37.7 Å². The number of hydrogen-bond acceptors (Lipinski definition) is 9. The Bertz CT molecular complexity index is 1990. The minimum atomic E-state index is -0.647. The van der Waals surface area contributed by atoms with Crippen molar-refractivity contribution < 1.29 is 14.3 Å². The van der Waals surface area contributed by atoms with E-state index in [1.54, 1.807) is 30.5 Å². The van der Waals surface area contributed by atoms with Crippen LogP contribution in [0, 0.1) is 25.2 Å². The lowest BCUT2D eigenvalue weighted by atomic mass is 10.0. The Morgan fingerprint density at radius 2 is 1.90 bits per heavy atom. The fourth-order valence-corrected chi connectivity index (χ4v) is 5.93. The average molecular weight is 623 g/mol. The number of ether oxygens (including phenoxy) is 2. The van der Waals surface area contributed by atoms with Gasteiger partial charge in [-0.1, -0.05) is 23.2 Å². The first kappa shape index (κ1) is 29.5. The molecule has 0 N–H and O–H groups in total. The molecule has 0 amide bonds. The Hall–Kier alpha value is -4.04. The fraction of sp³-hybridized carbons (Fsp3) is 0.267. The minimum absolute atomic E-state index is 0.0138. The number of thiophene rings is 1. The summed E-state index contributed by atoms with van der Waals surface area (Å²) in [7, 11) is 0. The van der Waals surface area contributed by atoms with Gasteiger partial charge in [-0.05, 0) is 58.9 Å². The van der Waals surface area contributed by atoms with Gasteiger partial charge < -0.3 is 9.47 Å². The van der Waals surface area contributed by atoms with Crippen LogP contribution in [0.4, 0.5) is 0 Å². The highest BCUT2D eigenvalue weighted by Crippen LogP contribution is 2.40. The molecule has 42 heavy (non-hydrogen) atoms. The van der Waals surface area contributed by atoms with Gasteiger partial charge in [-0.15, -0.1) is 11.3 Å².